The monoisotopic (exact) mass is 230 g/mol. The Labute approximate surface area is 88.7 Å². The summed E-state index contributed by atoms with van der Waals surface area (Å²) in [5.41, 5.74) is -0.621. The summed E-state index contributed by atoms with van der Waals surface area (Å²) >= 11 is 0. The van der Waals surface area contributed by atoms with Gasteiger partial charge in [0, 0.05) is 10.5 Å². The van der Waals surface area contributed by atoms with Crippen LogP contribution in [0.15, 0.2) is 0 Å². The summed E-state index contributed by atoms with van der Waals surface area (Å²) in [5, 5.41) is 0. The minimum atomic E-state index is -2.00. The summed E-state index contributed by atoms with van der Waals surface area (Å²) in [7, 11) is -2.00. The zero-order chi connectivity index (χ0) is 10.5. The summed E-state index contributed by atoms with van der Waals surface area (Å²) in [4.78, 5) is 14.3. The molecule has 4 rings (SSSR count). The number of rotatable bonds is 0. The minimum Gasteiger partial charge on any atom is -0.297 e. The van der Waals surface area contributed by atoms with Gasteiger partial charge in [-0.05, 0) is 25.9 Å². The molecule has 4 saturated heterocycles. The van der Waals surface area contributed by atoms with Crippen molar-refractivity contribution in [3.63, 3.8) is 0 Å². The van der Waals surface area contributed by atoms with Crippen molar-refractivity contribution in [2.24, 2.45) is 5.92 Å². The lowest BCUT2D eigenvalue weighted by atomic mass is 9.74. The third-order valence-corrected chi connectivity index (χ3v) is 4.43. The first-order valence-electron chi connectivity index (χ1n) is 5.25. The van der Waals surface area contributed by atoms with Crippen LogP contribution in [0.2, 0.25) is 0 Å². The normalized spacial score (nSPS) is 47.5. The number of nitrogens with zero attached hydrogens (tertiary/aromatic N) is 1. The SMILES string of the molecule is O=C1C2CCN(CC2)C12CO[P+](=O)OC2. The second kappa shape index (κ2) is 3.32. The lowest BCUT2D eigenvalue weighted by Gasteiger charge is -2.51. The molecule has 0 aliphatic carbocycles. The third kappa shape index (κ3) is 1.31. The minimum absolute atomic E-state index is 0.165. The first-order valence-corrected chi connectivity index (χ1v) is 6.34. The molecule has 0 atom stereocenters. The lowest BCUT2D eigenvalue weighted by molar-refractivity contribution is -0.158. The Kier molecular flexibility index (Phi) is 2.18. The van der Waals surface area contributed by atoms with Crippen LogP contribution in [0.4, 0.5) is 0 Å². The summed E-state index contributed by atoms with van der Waals surface area (Å²) in [6.45, 7) is 2.33. The first-order chi connectivity index (χ1) is 7.22. The van der Waals surface area contributed by atoms with Gasteiger partial charge in [-0.15, -0.1) is 9.05 Å². The third-order valence-electron chi connectivity index (χ3n) is 3.75. The Morgan fingerprint density at radius 1 is 1.27 bits per heavy atom. The van der Waals surface area contributed by atoms with Crippen molar-refractivity contribution in [2.45, 2.75) is 18.4 Å². The molecule has 4 fully saturated rings. The number of hydrogen-bond donors (Lipinski definition) is 0. The Balaban J connectivity index is 1.90. The van der Waals surface area contributed by atoms with Gasteiger partial charge in [-0.25, -0.2) is 0 Å². The number of ketones is 1. The van der Waals surface area contributed by atoms with Crippen LogP contribution in [-0.2, 0) is 18.4 Å². The molecule has 6 heteroatoms. The van der Waals surface area contributed by atoms with E-state index in [-0.39, 0.29) is 24.9 Å². The predicted octanol–water partition coefficient (Wildman–Crippen LogP) is 0.724. The lowest BCUT2D eigenvalue weighted by Crippen LogP contribution is -2.69. The van der Waals surface area contributed by atoms with Crippen LogP contribution in [0.25, 0.3) is 0 Å². The molecular formula is C9H13NO4P+. The highest BCUT2D eigenvalue weighted by atomic mass is 31.1. The summed E-state index contributed by atoms with van der Waals surface area (Å²) < 4.78 is 21.0. The van der Waals surface area contributed by atoms with Gasteiger partial charge in [-0.2, -0.15) is 0 Å². The van der Waals surface area contributed by atoms with Crippen molar-refractivity contribution in [1.29, 1.82) is 0 Å². The van der Waals surface area contributed by atoms with Gasteiger partial charge >= 0.3 is 8.25 Å². The zero-order valence-electron chi connectivity index (χ0n) is 8.35. The van der Waals surface area contributed by atoms with Gasteiger partial charge in [0.1, 0.15) is 18.8 Å². The molecule has 0 radical (unpaired) electrons. The number of fused-ring (bicyclic) bond motifs is 2. The molecule has 0 amide bonds. The van der Waals surface area contributed by atoms with Gasteiger partial charge in [0.25, 0.3) is 0 Å². The van der Waals surface area contributed by atoms with Crippen molar-refractivity contribution in [1.82, 2.24) is 4.90 Å². The number of hydrogen-bond acceptors (Lipinski definition) is 5. The van der Waals surface area contributed by atoms with Gasteiger partial charge in [0.2, 0.25) is 0 Å². The molecule has 82 valence electrons. The second-order valence-electron chi connectivity index (χ2n) is 4.43. The van der Waals surface area contributed by atoms with Crippen molar-refractivity contribution >= 4 is 14.0 Å². The van der Waals surface area contributed by atoms with E-state index in [0.29, 0.717) is 0 Å². The van der Waals surface area contributed by atoms with E-state index < -0.39 is 13.8 Å². The average molecular weight is 230 g/mol. The van der Waals surface area contributed by atoms with E-state index in [1.165, 1.54) is 0 Å². The van der Waals surface area contributed by atoms with Crippen LogP contribution in [0.5, 0.6) is 0 Å². The van der Waals surface area contributed by atoms with Crippen LogP contribution in [0, 0.1) is 5.92 Å². The van der Waals surface area contributed by atoms with E-state index in [2.05, 4.69) is 4.90 Å². The number of carbonyl (C=O) groups excluding carboxylic acids is 1. The van der Waals surface area contributed by atoms with Gasteiger partial charge in [-0.1, -0.05) is 0 Å². The van der Waals surface area contributed by atoms with Gasteiger partial charge in [0.15, 0.2) is 5.78 Å². The van der Waals surface area contributed by atoms with E-state index in [4.69, 9.17) is 9.05 Å². The maximum absolute atomic E-state index is 12.2. The topological polar surface area (TPSA) is 55.8 Å². The fraction of sp³-hybridized carbons (Fsp3) is 0.889. The molecule has 0 aromatic carbocycles. The molecule has 4 heterocycles. The van der Waals surface area contributed by atoms with Gasteiger partial charge < -0.3 is 0 Å². The second-order valence-corrected chi connectivity index (χ2v) is 5.39. The quantitative estimate of drug-likeness (QED) is 0.574. The molecule has 4 aliphatic heterocycles. The Morgan fingerprint density at radius 3 is 2.40 bits per heavy atom. The van der Waals surface area contributed by atoms with E-state index >= 15 is 0 Å². The number of carbonyl (C=O) groups is 1. The molecule has 0 N–H and O–H groups in total. The first kappa shape index (κ1) is 9.85. The van der Waals surface area contributed by atoms with E-state index in [1.807, 2.05) is 0 Å². The van der Waals surface area contributed by atoms with Crippen LogP contribution in [-0.4, -0.2) is 42.5 Å². The molecule has 0 aromatic rings. The molecule has 0 aromatic heterocycles. The molecule has 2 bridgehead atoms. The fourth-order valence-electron chi connectivity index (χ4n) is 2.83. The van der Waals surface area contributed by atoms with Crippen molar-refractivity contribution in [3.8, 4) is 0 Å². The average Bonchev–Trinajstić information content (AvgIpc) is 2.29. The van der Waals surface area contributed by atoms with Gasteiger partial charge in [-0.3, -0.25) is 9.69 Å². The molecule has 4 aliphatic rings. The van der Waals surface area contributed by atoms with E-state index in [9.17, 15) is 9.36 Å². The number of Topliss-reactive ketones (excluding diaryl/α,β-unsaturated/α-hetero) is 1. The molecule has 1 spiro atoms. The highest BCUT2D eigenvalue weighted by molar-refractivity contribution is 7.33. The van der Waals surface area contributed by atoms with Crippen LogP contribution in [0.3, 0.4) is 0 Å². The van der Waals surface area contributed by atoms with Crippen molar-refractivity contribution in [3.05, 3.63) is 0 Å². The predicted molar refractivity (Wildman–Crippen MR) is 51.5 cm³/mol. The van der Waals surface area contributed by atoms with Crippen LogP contribution in [0.1, 0.15) is 12.8 Å². The maximum Gasteiger partial charge on any atom is 0.697 e. The molecular weight excluding hydrogens is 217 g/mol. The van der Waals surface area contributed by atoms with Crippen molar-refractivity contribution < 1.29 is 18.4 Å². The van der Waals surface area contributed by atoms with Crippen molar-refractivity contribution in [2.75, 3.05) is 26.3 Å². The van der Waals surface area contributed by atoms with E-state index in [1.54, 1.807) is 0 Å². The summed E-state index contributed by atoms with van der Waals surface area (Å²) in [6, 6.07) is 0. The fourth-order valence-corrected chi connectivity index (χ4v) is 3.54. The van der Waals surface area contributed by atoms with E-state index in [0.717, 1.165) is 25.9 Å². The maximum atomic E-state index is 12.2. The highest BCUT2D eigenvalue weighted by Crippen LogP contribution is 2.43. The molecule has 0 saturated carbocycles. The number of piperidine rings is 3. The Hall–Kier alpha value is -0.350. The molecule has 15 heavy (non-hydrogen) atoms. The standard InChI is InChI=1S/C9H13NO4P/c11-8-7-1-3-10(4-2-7)9(8)5-13-15(12)14-6-9/h7H,1-6H2/q+1. The smallest absolute Gasteiger partial charge is 0.297 e. The summed E-state index contributed by atoms with van der Waals surface area (Å²) in [6.07, 6.45) is 1.90. The Bertz CT molecular complexity index is 314. The summed E-state index contributed by atoms with van der Waals surface area (Å²) in [5.74, 6) is 0.390. The largest absolute Gasteiger partial charge is 0.697 e. The molecule has 5 nitrogen and oxygen atoms in total. The zero-order valence-corrected chi connectivity index (χ0v) is 9.24. The van der Waals surface area contributed by atoms with Crippen LogP contribution >= 0.6 is 8.25 Å². The van der Waals surface area contributed by atoms with Crippen LogP contribution < -0.4 is 0 Å². The molecule has 0 unspecified atom stereocenters. The van der Waals surface area contributed by atoms with Gasteiger partial charge in [0.05, 0.1) is 0 Å². The Morgan fingerprint density at radius 2 is 1.87 bits per heavy atom. The highest BCUT2D eigenvalue weighted by Gasteiger charge is 2.58.